The summed E-state index contributed by atoms with van der Waals surface area (Å²) in [7, 11) is 0. The fourth-order valence-electron chi connectivity index (χ4n) is 3.14. The quantitative estimate of drug-likeness (QED) is 0.853. The average Bonchev–Trinajstić information content (AvgIpc) is 3.23. The summed E-state index contributed by atoms with van der Waals surface area (Å²) < 4.78 is 1.42. The minimum Gasteiger partial charge on any atom is -0.333 e. The van der Waals surface area contributed by atoms with Gasteiger partial charge >= 0.3 is 0 Å². The summed E-state index contributed by atoms with van der Waals surface area (Å²) in [6.07, 6.45) is 1.85. The highest BCUT2D eigenvalue weighted by Gasteiger charge is 2.28. The third-order valence-electron chi connectivity index (χ3n) is 4.44. The Kier molecular flexibility index (Phi) is 6.45. The van der Waals surface area contributed by atoms with E-state index in [1.165, 1.54) is 10.7 Å². The fourth-order valence-corrected chi connectivity index (χ4v) is 3.14. The van der Waals surface area contributed by atoms with Gasteiger partial charge in [-0.25, -0.2) is 4.68 Å². The molecular formula is C18H25ClN4O2. The smallest absolute Gasteiger partial charge is 0.272 e. The molecule has 7 heteroatoms. The predicted octanol–water partition coefficient (Wildman–Crippen LogP) is 2.11. The molecule has 1 aromatic carbocycles. The molecule has 0 bridgehead atoms. The van der Waals surface area contributed by atoms with E-state index < -0.39 is 0 Å². The molecule has 2 N–H and O–H groups in total. The van der Waals surface area contributed by atoms with Crippen LogP contribution in [-0.4, -0.2) is 46.3 Å². The highest BCUT2D eigenvalue weighted by Crippen LogP contribution is 2.13. The van der Waals surface area contributed by atoms with Gasteiger partial charge in [0.2, 0.25) is 0 Å². The molecule has 136 valence electrons. The van der Waals surface area contributed by atoms with E-state index in [2.05, 4.69) is 17.3 Å². The van der Waals surface area contributed by atoms with Crippen molar-refractivity contribution in [3.8, 4) is 5.69 Å². The van der Waals surface area contributed by atoms with Gasteiger partial charge in [-0.15, -0.1) is 12.4 Å². The van der Waals surface area contributed by atoms with Gasteiger partial charge < -0.3 is 10.2 Å². The van der Waals surface area contributed by atoms with Crippen LogP contribution in [0.2, 0.25) is 0 Å². The number of H-pyrrole nitrogens is 1. The van der Waals surface area contributed by atoms with E-state index in [4.69, 9.17) is 0 Å². The Hall–Kier alpha value is -2.05. The van der Waals surface area contributed by atoms with E-state index in [0.717, 1.165) is 37.2 Å². The average molecular weight is 365 g/mol. The molecule has 1 aromatic heterocycles. The summed E-state index contributed by atoms with van der Waals surface area (Å²) in [4.78, 5) is 27.0. The number of nitrogens with one attached hydrogen (secondary N) is 2. The monoisotopic (exact) mass is 364 g/mol. The van der Waals surface area contributed by atoms with Crippen LogP contribution in [0.4, 0.5) is 0 Å². The summed E-state index contributed by atoms with van der Waals surface area (Å²) in [6, 6.07) is 9.21. The number of aryl methyl sites for hydroxylation is 1. The fraction of sp³-hybridized carbons (Fsp3) is 0.444. The van der Waals surface area contributed by atoms with Crippen LogP contribution in [0, 0.1) is 6.92 Å². The zero-order valence-corrected chi connectivity index (χ0v) is 15.4. The standard InChI is InChI=1S/C18H24N4O2.ClH/c1-3-10-21(15-8-9-19-12-15)18(24)16-11-17(23)22(20-16)14-6-4-13(2)5-7-14;/h4-7,11,15,19-20H,3,8-10,12H2,1-2H3;1H. The number of rotatable bonds is 5. The zero-order chi connectivity index (χ0) is 17.1. The van der Waals surface area contributed by atoms with Crippen molar-refractivity contribution in [1.82, 2.24) is 20.0 Å². The molecule has 0 radical (unpaired) electrons. The summed E-state index contributed by atoms with van der Waals surface area (Å²) >= 11 is 0. The third-order valence-corrected chi connectivity index (χ3v) is 4.44. The maximum absolute atomic E-state index is 12.9. The summed E-state index contributed by atoms with van der Waals surface area (Å²) in [5.41, 5.74) is 1.98. The predicted molar refractivity (Wildman–Crippen MR) is 101 cm³/mol. The molecule has 0 spiro atoms. The van der Waals surface area contributed by atoms with Crippen molar-refractivity contribution in [3.63, 3.8) is 0 Å². The number of aromatic nitrogens is 2. The normalized spacial score (nSPS) is 16.5. The number of hydrogen-bond donors (Lipinski definition) is 2. The molecule has 1 unspecified atom stereocenters. The molecule has 1 atom stereocenters. The second-order valence-corrected chi connectivity index (χ2v) is 6.32. The molecule has 1 aliphatic heterocycles. The number of carbonyl (C=O) groups is 1. The van der Waals surface area contributed by atoms with Crippen LogP contribution in [-0.2, 0) is 0 Å². The Balaban J connectivity index is 0.00000225. The Labute approximate surface area is 153 Å². The summed E-state index contributed by atoms with van der Waals surface area (Å²) in [5.74, 6) is -0.103. The maximum atomic E-state index is 12.9. The second kappa shape index (κ2) is 8.36. The van der Waals surface area contributed by atoms with Crippen molar-refractivity contribution < 1.29 is 4.79 Å². The van der Waals surface area contributed by atoms with Crippen molar-refractivity contribution in [2.75, 3.05) is 19.6 Å². The largest absolute Gasteiger partial charge is 0.333 e. The van der Waals surface area contributed by atoms with E-state index in [1.807, 2.05) is 36.1 Å². The molecule has 1 saturated heterocycles. The molecule has 1 amide bonds. The van der Waals surface area contributed by atoms with Gasteiger partial charge in [0.25, 0.3) is 11.5 Å². The van der Waals surface area contributed by atoms with Crippen LogP contribution in [0.3, 0.4) is 0 Å². The Morgan fingerprint density at radius 1 is 1.32 bits per heavy atom. The van der Waals surface area contributed by atoms with Crippen LogP contribution >= 0.6 is 12.4 Å². The van der Waals surface area contributed by atoms with Gasteiger partial charge in [-0.2, -0.15) is 0 Å². The topological polar surface area (TPSA) is 70.1 Å². The number of hydrogen-bond acceptors (Lipinski definition) is 3. The van der Waals surface area contributed by atoms with E-state index in [9.17, 15) is 9.59 Å². The molecule has 25 heavy (non-hydrogen) atoms. The molecule has 2 aromatic rings. The first-order valence-corrected chi connectivity index (χ1v) is 8.51. The van der Waals surface area contributed by atoms with Crippen LogP contribution < -0.4 is 10.9 Å². The maximum Gasteiger partial charge on any atom is 0.272 e. The molecular weight excluding hydrogens is 340 g/mol. The lowest BCUT2D eigenvalue weighted by molar-refractivity contribution is 0.0685. The minimum atomic E-state index is -0.219. The second-order valence-electron chi connectivity index (χ2n) is 6.32. The van der Waals surface area contributed by atoms with E-state index in [1.54, 1.807) is 0 Å². The van der Waals surface area contributed by atoms with Crippen LogP contribution in [0.5, 0.6) is 0 Å². The van der Waals surface area contributed by atoms with Crippen LogP contribution in [0.25, 0.3) is 5.69 Å². The number of amides is 1. The molecule has 6 nitrogen and oxygen atoms in total. The molecule has 2 heterocycles. The van der Waals surface area contributed by atoms with Gasteiger partial charge in [-0.3, -0.25) is 14.7 Å². The van der Waals surface area contributed by atoms with Crippen molar-refractivity contribution in [1.29, 1.82) is 0 Å². The lowest BCUT2D eigenvalue weighted by atomic mass is 10.2. The van der Waals surface area contributed by atoms with Gasteiger partial charge in [-0.1, -0.05) is 24.6 Å². The van der Waals surface area contributed by atoms with Crippen molar-refractivity contribution in [2.24, 2.45) is 0 Å². The SMILES string of the molecule is CCCN(C(=O)c1cc(=O)n(-c2ccc(C)cc2)[nH]1)C1CCNC1.Cl. The van der Waals surface area contributed by atoms with E-state index >= 15 is 0 Å². The Morgan fingerprint density at radius 3 is 2.64 bits per heavy atom. The third kappa shape index (κ3) is 4.14. The lowest BCUT2D eigenvalue weighted by Crippen LogP contribution is -2.42. The number of carbonyl (C=O) groups excluding carboxylic acids is 1. The van der Waals surface area contributed by atoms with Gasteiger partial charge in [0.1, 0.15) is 5.69 Å². The molecule has 0 aliphatic carbocycles. The molecule has 1 fully saturated rings. The number of aromatic amines is 1. The molecule has 0 saturated carbocycles. The van der Waals surface area contributed by atoms with Gasteiger partial charge in [-0.05, 0) is 38.4 Å². The van der Waals surface area contributed by atoms with Gasteiger partial charge in [0, 0.05) is 25.2 Å². The first kappa shape index (κ1) is 19.3. The van der Waals surface area contributed by atoms with Crippen molar-refractivity contribution in [2.45, 2.75) is 32.7 Å². The molecule has 1 aliphatic rings. The molecule has 3 rings (SSSR count). The van der Waals surface area contributed by atoms with Crippen molar-refractivity contribution in [3.05, 3.63) is 51.9 Å². The minimum absolute atomic E-state index is 0. The van der Waals surface area contributed by atoms with Gasteiger partial charge in [0.15, 0.2) is 0 Å². The van der Waals surface area contributed by atoms with E-state index in [0.29, 0.717) is 12.2 Å². The number of nitrogens with zero attached hydrogens (tertiary/aromatic N) is 2. The lowest BCUT2D eigenvalue weighted by Gasteiger charge is -2.27. The Bertz CT molecular complexity index is 760. The zero-order valence-electron chi connectivity index (χ0n) is 14.6. The van der Waals surface area contributed by atoms with E-state index in [-0.39, 0.29) is 29.9 Å². The number of benzene rings is 1. The number of halogens is 1. The summed E-state index contributed by atoms with van der Waals surface area (Å²) in [5, 5.41) is 6.27. The summed E-state index contributed by atoms with van der Waals surface area (Å²) in [6.45, 7) is 6.49. The Morgan fingerprint density at radius 2 is 2.04 bits per heavy atom. The van der Waals surface area contributed by atoms with Crippen LogP contribution in [0.15, 0.2) is 35.1 Å². The highest BCUT2D eigenvalue weighted by atomic mass is 35.5. The van der Waals surface area contributed by atoms with Crippen molar-refractivity contribution >= 4 is 18.3 Å². The first-order chi connectivity index (χ1) is 11.6. The van der Waals surface area contributed by atoms with Crippen LogP contribution in [0.1, 0.15) is 35.8 Å². The van der Waals surface area contributed by atoms with Gasteiger partial charge in [0.05, 0.1) is 5.69 Å². The highest BCUT2D eigenvalue weighted by molar-refractivity contribution is 5.92. The first-order valence-electron chi connectivity index (χ1n) is 8.51.